The molecule has 2 N–H and O–H groups in total. The molecular weight excluding hydrogens is 336 g/mol. The summed E-state index contributed by atoms with van der Waals surface area (Å²) in [6.07, 6.45) is 2.60. The number of nitrogens with zero attached hydrogens (tertiary/aromatic N) is 2. The highest BCUT2D eigenvalue weighted by Gasteiger charge is 2.18. The van der Waals surface area contributed by atoms with Crippen molar-refractivity contribution in [3.8, 4) is 0 Å². The Balaban J connectivity index is 1.56. The van der Waals surface area contributed by atoms with E-state index in [0.29, 0.717) is 5.11 Å². The van der Waals surface area contributed by atoms with Crippen LogP contribution in [-0.2, 0) is 6.54 Å². The van der Waals surface area contributed by atoms with E-state index in [1.165, 1.54) is 30.8 Å². The van der Waals surface area contributed by atoms with Crippen molar-refractivity contribution >= 4 is 39.5 Å². The maximum Gasteiger partial charge on any atom is 0.189 e. The molecule has 1 saturated heterocycles. The van der Waals surface area contributed by atoms with Gasteiger partial charge in [-0.3, -0.25) is 4.90 Å². The smallest absolute Gasteiger partial charge is 0.189 e. The summed E-state index contributed by atoms with van der Waals surface area (Å²) >= 11 is 7.08. The lowest BCUT2D eigenvalue weighted by atomic mass is 9.99. The largest absolute Gasteiger partial charge is 0.332 e. The number of piperidine rings is 1. The summed E-state index contributed by atoms with van der Waals surface area (Å²) in [4.78, 5) is 8.49. The van der Waals surface area contributed by atoms with Crippen molar-refractivity contribution < 1.29 is 0 Å². The Bertz CT molecular complexity index is 676. The maximum atomic E-state index is 5.38. The molecule has 0 atom stereocenters. The molecule has 0 aliphatic carbocycles. The summed E-state index contributed by atoms with van der Waals surface area (Å²) in [5.41, 5.74) is 2.08. The van der Waals surface area contributed by atoms with Crippen LogP contribution in [0.25, 0.3) is 0 Å². The molecular formula is C18H24N4S2. The molecule has 0 radical (unpaired) electrons. The highest BCUT2D eigenvalue weighted by molar-refractivity contribution is 7.80. The zero-order valence-electron chi connectivity index (χ0n) is 14.2. The van der Waals surface area contributed by atoms with Gasteiger partial charge in [0.2, 0.25) is 0 Å². The average molecular weight is 361 g/mol. The van der Waals surface area contributed by atoms with Crippen LogP contribution in [0.15, 0.2) is 30.3 Å². The third-order valence-electron chi connectivity index (χ3n) is 4.39. The molecule has 0 unspecified atom stereocenters. The Labute approximate surface area is 153 Å². The first-order chi connectivity index (χ1) is 11.6. The van der Waals surface area contributed by atoms with Gasteiger partial charge in [-0.25, -0.2) is 4.98 Å². The topological polar surface area (TPSA) is 40.2 Å². The molecule has 2 heterocycles. The zero-order valence-corrected chi connectivity index (χ0v) is 15.8. The second-order valence-electron chi connectivity index (χ2n) is 6.43. The minimum absolute atomic E-state index is 0.577. The molecule has 2 aromatic rings. The Hall–Kier alpha value is -1.50. The van der Waals surface area contributed by atoms with Gasteiger partial charge in [0.15, 0.2) is 10.2 Å². The van der Waals surface area contributed by atoms with Crippen LogP contribution >= 0.6 is 23.6 Å². The van der Waals surface area contributed by atoms with Crippen molar-refractivity contribution in [2.24, 2.45) is 5.92 Å². The van der Waals surface area contributed by atoms with E-state index in [2.05, 4.69) is 34.4 Å². The van der Waals surface area contributed by atoms with Crippen molar-refractivity contribution in [2.45, 2.75) is 33.2 Å². The Morgan fingerprint density at radius 1 is 1.25 bits per heavy atom. The highest BCUT2D eigenvalue weighted by Crippen LogP contribution is 2.26. The summed E-state index contributed by atoms with van der Waals surface area (Å²) in [7, 11) is 0. The van der Waals surface area contributed by atoms with Crippen molar-refractivity contribution in [3.63, 3.8) is 0 Å². The number of para-hydroxylation sites is 1. The standard InChI is InChI=1S/C18H24N4S2/c1-13-8-10-22(11-9-13)12-16-14(2)19-18(24-16)21-17(23)20-15-6-4-3-5-7-15/h3-7,13H,8-12H2,1-2H3,(H2,19,20,21,23). The van der Waals surface area contributed by atoms with Crippen molar-refractivity contribution in [1.82, 2.24) is 9.88 Å². The van der Waals surface area contributed by atoms with Gasteiger partial charge in [0.1, 0.15) is 0 Å². The minimum atomic E-state index is 0.577. The van der Waals surface area contributed by atoms with E-state index >= 15 is 0 Å². The molecule has 4 nitrogen and oxygen atoms in total. The first kappa shape index (κ1) is 17.3. The SMILES string of the molecule is Cc1nc(NC(=S)Nc2ccccc2)sc1CN1CCC(C)CC1. The molecule has 1 aliphatic heterocycles. The Morgan fingerprint density at radius 3 is 2.67 bits per heavy atom. The second-order valence-corrected chi connectivity index (χ2v) is 7.92. The number of rotatable bonds is 4. The third-order valence-corrected chi connectivity index (χ3v) is 5.65. The van der Waals surface area contributed by atoms with E-state index in [4.69, 9.17) is 12.2 Å². The van der Waals surface area contributed by atoms with Gasteiger partial charge in [0.05, 0.1) is 5.69 Å². The van der Waals surface area contributed by atoms with E-state index in [0.717, 1.165) is 29.0 Å². The Kier molecular flexibility index (Phi) is 5.81. The van der Waals surface area contributed by atoms with Gasteiger partial charge in [-0.15, -0.1) is 11.3 Å². The molecule has 0 bridgehead atoms. The fraction of sp³-hybridized carbons (Fsp3) is 0.444. The number of thiocarbonyl (C=S) groups is 1. The average Bonchev–Trinajstić information content (AvgIpc) is 2.89. The number of aryl methyl sites for hydroxylation is 1. The fourth-order valence-electron chi connectivity index (χ4n) is 2.83. The highest BCUT2D eigenvalue weighted by atomic mass is 32.1. The predicted octanol–water partition coefficient (Wildman–Crippen LogP) is 4.49. The molecule has 128 valence electrons. The number of hydrogen-bond donors (Lipinski definition) is 2. The molecule has 1 aromatic heterocycles. The number of anilines is 2. The van der Waals surface area contributed by atoms with E-state index in [9.17, 15) is 0 Å². The van der Waals surface area contributed by atoms with Crippen molar-refractivity contribution in [1.29, 1.82) is 0 Å². The predicted molar refractivity (Wildman–Crippen MR) is 107 cm³/mol. The summed E-state index contributed by atoms with van der Waals surface area (Å²) in [5, 5.41) is 7.83. The lowest BCUT2D eigenvalue weighted by molar-refractivity contribution is 0.186. The molecule has 1 aliphatic rings. The monoisotopic (exact) mass is 360 g/mol. The molecule has 1 fully saturated rings. The number of benzene rings is 1. The fourth-order valence-corrected chi connectivity index (χ4v) is 4.12. The molecule has 0 saturated carbocycles. The van der Waals surface area contributed by atoms with Gasteiger partial charge in [-0.05, 0) is 63.1 Å². The van der Waals surface area contributed by atoms with Crippen LogP contribution in [0, 0.1) is 12.8 Å². The van der Waals surface area contributed by atoms with Crippen LogP contribution in [0.1, 0.15) is 30.3 Å². The van der Waals surface area contributed by atoms with Gasteiger partial charge in [0.25, 0.3) is 0 Å². The van der Waals surface area contributed by atoms with E-state index in [1.54, 1.807) is 11.3 Å². The lowest BCUT2D eigenvalue weighted by Crippen LogP contribution is -2.32. The van der Waals surface area contributed by atoms with Crippen LogP contribution in [0.3, 0.4) is 0 Å². The zero-order chi connectivity index (χ0) is 16.9. The number of nitrogens with one attached hydrogen (secondary N) is 2. The summed E-state index contributed by atoms with van der Waals surface area (Å²) < 4.78 is 0. The lowest BCUT2D eigenvalue weighted by Gasteiger charge is -2.29. The summed E-state index contributed by atoms with van der Waals surface area (Å²) in [6, 6.07) is 9.93. The number of thiazole rings is 1. The van der Waals surface area contributed by atoms with Gasteiger partial charge in [-0.1, -0.05) is 25.1 Å². The summed E-state index contributed by atoms with van der Waals surface area (Å²) in [6.45, 7) is 7.80. The number of hydrogen-bond acceptors (Lipinski definition) is 4. The Morgan fingerprint density at radius 2 is 1.96 bits per heavy atom. The molecule has 0 amide bonds. The molecule has 6 heteroatoms. The molecule has 0 spiro atoms. The quantitative estimate of drug-likeness (QED) is 0.786. The second kappa shape index (κ2) is 8.05. The first-order valence-corrected chi connectivity index (χ1v) is 9.64. The number of aromatic nitrogens is 1. The van der Waals surface area contributed by atoms with Gasteiger partial charge in [0, 0.05) is 17.1 Å². The van der Waals surface area contributed by atoms with E-state index in [1.807, 2.05) is 30.3 Å². The van der Waals surface area contributed by atoms with Crippen LogP contribution < -0.4 is 10.6 Å². The van der Waals surface area contributed by atoms with Gasteiger partial charge < -0.3 is 10.6 Å². The van der Waals surface area contributed by atoms with Crippen LogP contribution in [0.2, 0.25) is 0 Å². The van der Waals surface area contributed by atoms with E-state index < -0.39 is 0 Å². The molecule has 24 heavy (non-hydrogen) atoms. The summed E-state index contributed by atoms with van der Waals surface area (Å²) in [5.74, 6) is 0.863. The minimum Gasteiger partial charge on any atom is -0.332 e. The third kappa shape index (κ3) is 4.75. The molecule has 3 rings (SSSR count). The van der Waals surface area contributed by atoms with Gasteiger partial charge >= 0.3 is 0 Å². The normalized spacial score (nSPS) is 16.1. The van der Waals surface area contributed by atoms with E-state index in [-0.39, 0.29) is 0 Å². The maximum absolute atomic E-state index is 5.38. The first-order valence-electron chi connectivity index (χ1n) is 8.42. The molecule has 1 aromatic carbocycles. The van der Waals surface area contributed by atoms with Crippen LogP contribution in [-0.4, -0.2) is 28.1 Å². The van der Waals surface area contributed by atoms with Crippen molar-refractivity contribution in [2.75, 3.05) is 23.7 Å². The van der Waals surface area contributed by atoms with Crippen molar-refractivity contribution in [3.05, 3.63) is 40.9 Å². The van der Waals surface area contributed by atoms with Crippen LogP contribution in [0.5, 0.6) is 0 Å². The van der Waals surface area contributed by atoms with Crippen LogP contribution in [0.4, 0.5) is 10.8 Å². The van der Waals surface area contributed by atoms with Gasteiger partial charge in [-0.2, -0.15) is 0 Å². The number of likely N-dealkylation sites (tertiary alicyclic amines) is 1.